The topological polar surface area (TPSA) is 25.4 Å². The van der Waals surface area contributed by atoms with Gasteiger partial charge in [-0.2, -0.15) is 0 Å². The van der Waals surface area contributed by atoms with Crippen LogP contribution in [-0.4, -0.2) is 23.0 Å². The molecule has 0 aliphatic carbocycles. The van der Waals surface area contributed by atoms with Crippen LogP contribution in [0.2, 0.25) is 0 Å². The molecule has 0 saturated carbocycles. The third kappa shape index (κ3) is 3.30. The van der Waals surface area contributed by atoms with Gasteiger partial charge in [-0.3, -0.25) is 9.88 Å². The number of benzene rings is 2. The Morgan fingerprint density at radius 3 is 2.96 bits per heavy atom. The minimum absolute atomic E-state index is 0.717. The highest BCUT2D eigenvalue weighted by atomic mass is 32.1. The summed E-state index contributed by atoms with van der Waals surface area (Å²) in [7, 11) is 0. The summed E-state index contributed by atoms with van der Waals surface area (Å²) in [5, 5.41) is 3.60. The lowest BCUT2D eigenvalue weighted by Gasteiger charge is -2.19. The van der Waals surface area contributed by atoms with E-state index in [2.05, 4.69) is 64.7 Å². The van der Waals surface area contributed by atoms with Crippen LogP contribution in [0.15, 0.2) is 66.3 Å². The van der Waals surface area contributed by atoms with Crippen molar-refractivity contribution in [3.05, 3.63) is 83.0 Å². The Bertz CT molecular complexity index is 1120. The molecule has 0 radical (unpaired) electrons. The summed E-state index contributed by atoms with van der Waals surface area (Å²) < 4.78 is 7.49. The number of hydrogen-bond donors (Lipinski definition) is 0. The standard InChI is InChI=1S/C24H22N2OS/c1-17-11-19(22-16-28-23-7-3-2-6-21(22)23)12-20-15-26(9-10-27-24(17)20)14-18-5-4-8-25-13-18/h2-8,11-13,16H,9-10,14-15H2,1H3. The van der Waals surface area contributed by atoms with Gasteiger partial charge in [-0.15, -0.1) is 11.3 Å². The second kappa shape index (κ2) is 7.38. The van der Waals surface area contributed by atoms with Crippen LogP contribution in [0.5, 0.6) is 5.75 Å². The van der Waals surface area contributed by atoms with Crippen LogP contribution in [0.25, 0.3) is 21.2 Å². The van der Waals surface area contributed by atoms with Crippen molar-refractivity contribution >= 4 is 21.4 Å². The van der Waals surface area contributed by atoms with Crippen molar-refractivity contribution in [3.63, 3.8) is 0 Å². The fraction of sp³-hybridized carbons (Fsp3) is 0.208. The summed E-state index contributed by atoms with van der Waals surface area (Å²) in [4.78, 5) is 6.69. The molecule has 0 unspecified atom stereocenters. The smallest absolute Gasteiger partial charge is 0.126 e. The van der Waals surface area contributed by atoms with Crippen molar-refractivity contribution in [2.24, 2.45) is 0 Å². The zero-order chi connectivity index (χ0) is 18.9. The number of pyridine rings is 1. The summed E-state index contributed by atoms with van der Waals surface area (Å²) in [5.41, 5.74) is 6.32. The van der Waals surface area contributed by atoms with Gasteiger partial charge in [0.05, 0.1) is 0 Å². The lowest BCUT2D eigenvalue weighted by molar-refractivity contribution is 0.219. The van der Waals surface area contributed by atoms with Crippen LogP contribution < -0.4 is 4.74 Å². The minimum Gasteiger partial charge on any atom is -0.492 e. The largest absolute Gasteiger partial charge is 0.492 e. The van der Waals surface area contributed by atoms with Gasteiger partial charge >= 0.3 is 0 Å². The van der Waals surface area contributed by atoms with Gasteiger partial charge < -0.3 is 4.74 Å². The van der Waals surface area contributed by atoms with Crippen molar-refractivity contribution in [3.8, 4) is 16.9 Å². The Morgan fingerprint density at radius 1 is 1.14 bits per heavy atom. The van der Waals surface area contributed by atoms with E-state index in [9.17, 15) is 0 Å². The van der Waals surface area contributed by atoms with E-state index in [1.807, 2.05) is 29.8 Å². The number of hydrogen-bond acceptors (Lipinski definition) is 4. The highest BCUT2D eigenvalue weighted by Crippen LogP contribution is 2.38. The highest BCUT2D eigenvalue weighted by Gasteiger charge is 2.19. The molecule has 0 N–H and O–H groups in total. The SMILES string of the molecule is Cc1cc(-c2csc3ccccc23)cc2c1OCCN(Cc1cccnc1)C2. The Kier molecular flexibility index (Phi) is 4.59. The summed E-state index contributed by atoms with van der Waals surface area (Å²) in [5.74, 6) is 1.05. The normalized spacial score (nSPS) is 14.5. The van der Waals surface area contributed by atoms with Gasteiger partial charge in [0.25, 0.3) is 0 Å². The molecule has 4 aromatic rings. The molecule has 4 heteroatoms. The molecule has 28 heavy (non-hydrogen) atoms. The van der Waals surface area contributed by atoms with Crippen molar-refractivity contribution in [1.82, 2.24) is 9.88 Å². The number of rotatable bonds is 3. The molecule has 3 nitrogen and oxygen atoms in total. The van der Waals surface area contributed by atoms with Crippen LogP contribution in [0.4, 0.5) is 0 Å². The molecule has 0 saturated heterocycles. The lowest BCUT2D eigenvalue weighted by Crippen LogP contribution is -2.25. The van der Waals surface area contributed by atoms with Crippen molar-refractivity contribution in [2.45, 2.75) is 20.0 Å². The average molecular weight is 387 g/mol. The quantitative estimate of drug-likeness (QED) is 0.454. The van der Waals surface area contributed by atoms with Crippen LogP contribution in [0.3, 0.4) is 0 Å². The zero-order valence-corrected chi connectivity index (χ0v) is 16.7. The Labute approximate surface area is 169 Å². The second-order valence-corrected chi connectivity index (χ2v) is 8.26. The van der Waals surface area contributed by atoms with E-state index in [1.165, 1.54) is 37.9 Å². The number of aryl methyl sites for hydroxylation is 1. The van der Waals surface area contributed by atoms with Crippen molar-refractivity contribution in [1.29, 1.82) is 0 Å². The maximum Gasteiger partial charge on any atom is 0.126 e. The molecule has 2 aromatic heterocycles. The van der Waals surface area contributed by atoms with Crippen LogP contribution in [-0.2, 0) is 13.1 Å². The van der Waals surface area contributed by atoms with E-state index in [-0.39, 0.29) is 0 Å². The molecule has 1 aliphatic heterocycles. The number of aromatic nitrogens is 1. The van der Waals surface area contributed by atoms with Gasteiger partial charge in [0, 0.05) is 53.2 Å². The minimum atomic E-state index is 0.717. The fourth-order valence-corrected chi connectivity index (χ4v) is 4.98. The molecule has 0 spiro atoms. The van der Waals surface area contributed by atoms with Gasteiger partial charge in [0.2, 0.25) is 0 Å². The molecule has 0 amide bonds. The van der Waals surface area contributed by atoms with Gasteiger partial charge in [-0.1, -0.05) is 24.3 Å². The maximum atomic E-state index is 6.15. The van der Waals surface area contributed by atoms with E-state index < -0.39 is 0 Å². The predicted octanol–water partition coefficient (Wildman–Crippen LogP) is 5.67. The monoisotopic (exact) mass is 386 g/mol. The van der Waals surface area contributed by atoms with Crippen molar-refractivity contribution in [2.75, 3.05) is 13.2 Å². The van der Waals surface area contributed by atoms with E-state index in [0.717, 1.165) is 32.0 Å². The number of thiophene rings is 1. The summed E-state index contributed by atoms with van der Waals surface area (Å²) in [6.45, 7) is 5.57. The van der Waals surface area contributed by atoms with E-state index in [0.29, 0.717) is 0 Å². The fourth-order valence-electron chi connectivity index (χ4n) is 4.01. The Hall–Kier alpha value is -2.69. The van der Waals surface area contributed by atoms with Crippen LogP contribution in [0.1, 0.15) is 16.7 Å². The molecule has 0 atom stereocenters. The van der Waals surface area contributed by atoms with Gasteiger partial charge in [-0.05, 0) is 53.3 Å². The van der Waals surface area contributed by atoms with E-state index in [4.69, 9.17) is 4.74 Å². The molecule has 5 rings (SSSR count). The molecule has 2 aromatic carbocycles. The predicted molar refractivity (Wildman–Crippen MR) is 116 cm³/mol. The van der Waals surface area contributed by atoms with Gasteiger partial charge in [0.1, 0.15) is 12.4 Å². The van der Waals surface area contributed by atoms with E-state index in [1.54, 1.807) is 0 Å². The third-order valence-electron chi connectivity index (χ3n) is 5.32. The molecule has 0 bridgehead atoms. The first kappa shape index (κ1) is 17.4. The lowest BCUT2D eigenvalue weighted by atomic mass is 9.98. The zero-order valence-electron chi connectivity index (χ0n) is 15.9. The second-order valence-electron chi connectivity index (χ2n) is 7.35. The molecular weight excluding hydrogens is 364 g/mol. The van der Waals surface area contributed by atoms with Crippen molar-refractivity contribution < 1.29 is 4.74 Å². The Balaban J connectivity index is 1.51. The Morgan fingerprint density at radius 2 is 2.07 bits per heavy atom. The first-order chi connectivity index (χ1) is 13.8. The molecular formula is C24H22N2OS. The first-order valence-electron chi connectivity index (χ1n) is 9.62. The molecule has 0 fully saturated rings. The van der Waals surface area contributed by atoms with E-state index >= 15 is 0 Å². The summed E-state index contributed by atoms with van der Waals surface area (Å²) >= 11 is 1.81. The van der Waals surface area contributed by atoms with Crippen LogP contribution >= 0.6 is 11.3 Å². The average Bonchev–Trinajstić information content (AvgIpc) is 3.04. The summed E-state index contributed by atoms with van der Waals surface area (Å²) in [6.07, 6.45) is 3.77. The third-order valence-corrected chi connectivity index (χ3v) is 6.28. The molecule has 1 aliphatic rings. The number of nitrogens with zero attached hydrogens (tertiary/aromatic N) is 2. The number of ether oxygens (including phenoxy) is 1. The van der Waals surface area contributed by atoms with Gasteiger partial charge in [-0.25, -0.2) is 0 Å². The number of fused-ring (bicyclic) bond motifs is 2. The first-order valence-corrected chi connectivity index (χ1v) is 10.5. The molecule has 3 heterocycles. The molecule has 140 valence electrons. The highest BCUT2D eigenvalue weighted by molar-refractivity contribution is 7.17. The van der Waals surface area contributed by atoms with Gasteiger partial charge in [0.15, 0.2) is 0 Å². The maximum absolute atomic E-state index is 6.15. The van der Waals surface area contributed by atoms with Crippen LogP contribution in [0, 0.1) is 6.92 Å². The summed E-state index contributed by atoms with van der Waals surface area (Å²) in [6, 6.07) is 17.4.